The van der Waals surface area contributed by atoms with Crippen LogP contribution in [-0.2, 0) is 4.74 Å². The van der Waals surface area contributed by atoms with Crippen LogP contribution in [0.25, 0.3) is 0 Å². The van der Waals surface area contributed by atoms with Crippen molar-refractivity contribution in [2.75, 3.05) is 36.5 Å². The van der Waals surface area contributed by atoms with Crippen LogP contribution < -0.4 is 15.7 Å². The summed E-state index contributed by atoms with van der Waals surface area (Å²) in [5, 5.41) is 10.8. The van der Waals surface area contributed by atoms with Gasteiger partial charge in [0.2, 0.25) is 0 Å². The predicted molar refractivity (Wildman–Crippen MR) is 63.4 cm³/mol. The number of hydrogen-bond donors (Lipinski definition) is 3. The first-order valence-corrected chi connectivity index (χ1v) is 5.43. The van der Waals surface area contributed by atoms with Crippen molar-refractivity contribution < 1.29 is 14.7 Å². The Labute approximate surface area is 99.1 Å². The van der Waals surface area contributed by atoms with E-state index < -0.39 is 6.03 Å². The van der Waals surface area contributed by atoms with Gasteiger partial charge in [-0.25, -0.2) is 10.3 Å². The number of ether oxygens (including phenoxy) is 1. The van der Waals surface area contributed by atoms with Crippen molar-refractivity contribution in [3.8, 4) is 0 Å². The van der Waals surface area contributed by atoms with Crippen LogP contribution >= 0.6 is 0 Å². The number of rotatable bonds is 2. The number of hydrogen-bond acceptors (Lipinski definition) is 4. The summed E-state index contributed by atoms with van der Waals surface area (Å²) in [6.45, 7) is 3.24. The number of amides is 2. The molecule has 0 bridgehead atoms. The highest BCUT2D eigenvalue weighted by Crippen LogP contribution is 2.18. The second kappa shape index (κ2) is 5.51. The van der Waals surface area contributed by atoms with Gasteiger partial charge in [0, 0.05) is 24.5 Å². The number of carbonyl (C=O) groups excluding carboxylic acids is 1. The van der Waals surface area contributed by atoms with Gasteiger partial charge in [0.25, 0.3) is 0 Å². The number of benzene rings is 1. The molecular weight excluding hydrogens is 222 g/mol. The molecule has 1 saturated heterocycles. The van der Waals surface area contributed by atoms with E-state index in [0.717, 1.165) is 32.0 Å². The molecule has 2 amide bonds. The van der Waals surface area contributed by atoms with Crippen molar-refractivity contribution in [1.82, 2.24) is 5.48 Å². The highest BCUT2D eigenvalue weighted by atomic mass is 16.5. The van der Waals surface area contributed by atoms with E-state index in [0.29, 0.717) is 5.69 Å². The second-order valence-corrected chi connectivity index (χ2v) is 3.71. The molecule has 0 atom stereocenters. The Balaban J connectivity index is 1.99. The third-order valence-electron chi connectivity index (χ3n) is 2.60. The molecular formula is C11H15N3O3. The molecule has 3 N–H and O–H groups in total. The summed E-state index contributed by atoms with van der Waals surface area (Å²) < 4.78 is 5.28. The molecule has 1 aliphatic rings. The quantitative estimate of drug-likeness (QED) is 0.530. The Kier molecular flexibility index (Phi) is 3.79. The van der Waals surface area contributed by atoms with Gasteiger partial charge in [-0.1, -0.05) is 0 Å². The highest BCUT2D eigenvalue weighted by molar-refractivity contribution is 5.88. The zero-order valence-corrected chi connectivity index (χ0v) is 9.35. The Bertz CT molecular complexity index is 374. The fraction of sp³-hybridized carbons (Fsp3) is 0.364. The fourth-order valence-corrected chi connectivity index (χ4v) is 1.74. The highest BCUT2D eigenvalue weighted by Gasteiger charge is 2.10. The van der Waals surface area contributed by atoms with Gasteiger partial charge in [-0.2, -0.15) is 0 Å². The maximum atomic E-state index is 10.9. The number of urea groups is 1. The number of nitrogens with zero attached hydrogens (tertiary/aromatic N) is 1. The van der Waals surface area contributed by atoms with Crippen LogP contribution in [0.1, 0.15) is 0 Å². The van der Waals surface area contributed by atoms with Gasteiger partial charge in [-0.3, -0.25) is 5.21 Å². The van der Waals surface area contributed by atoms with Gasteiger partial charge >= 0.3 is 6.03 Å². The van der Waals surface area contributed by atoms with E-state index >= 15 is 0 Å². The van der Waals surface area contributed by atoms with Crippen LogP contribution in [0.3, 0.4) is 0 Å². The normalized spacial score (nSPS) is 15.5. The van der Waals surface area contributed by atoms with Gasteiger partial charge < -0.3 is 15.0 Å². The van der Waals surface area contributed by atoms with Crippen molar-refractivity contribution in [3.63, 3.8) is 0 Å². The predicted octanol–water partition coefficient (Wildman–Crippen LogP) is 1.03. The van der Waals surface area contributed by atoms with Gasteiger partial charge in [0.05, 0.1) is 13.2 Å². The first-order valence-electron chi connectivity index (χ1n) is 5.43. The average molecular weight is 237 g/mol. The molecule has 6 nitrogen and oxygen atoms in total. The molecule has 1 aromatic carbocycles. The summed E-state index contributed by atoms with van der Waals surface area (Å²) >= 11 is 0. The smallest absolute Gasteiger partial charge is 0.342 e. The number of nitrogens with one attached hydrogen (secondary N) is 2. The number of morpholine rings is 1. The van der Waals surface area contributed by atoms with Crippen LogP contribution in [0.15, 0.2) is 24.3 Å². The van der Waals surface area contributed by atoms with Crippen LogP contribution in [-0.4, -0.2) is 37.5 Å². The summed E-state index contributed by atoms with van der Waals surface area (Å²) in [4.78, 5) is 13.1. The average Bonchev–Trinajstić information content (AvgIpc) is 2.40. The van der Waals surface area contributed by atoms with Crippen LogP contribution in [0, 0.1) is 0 Å². The lowest BCUT2D eigenvalue weighted by Crippen LogP contribution is -2.36. The second-order valence-electron chi connectivity index (χ2n) is 3.71. The minimum absolute atomic E-state index is 0.633. The molecule has 0 spiro atoms. The molecule has 1 heterocycles. The van der Waals surface area contributed by atoms with Crippen LogP contribution in [0.2, 0.25) is 0 Å². The van der Waals surface area contributed by atoms with E-state index in [4.69, 9.17) is 9.94 Å². The molecule has 1 aromatic rings. The van der Waals surface area contributed by atoms with E-state index in [1.807, 2.05) is 12.1 Å². The monoisotopic (exact) mass is 237 g/mol. The molecule has 0 radical (unpaired) electrons. The van der Waals surface area contributed by atoms with Gasteiger partial charge in [0.1, 0.15) is 0 Å². The lowest BCUT2D eigenvalue weighted by atomic mass is 10.2. The molecule has 0 aliphatic carbocycles. The Hall–Kier alpha value is -1.79. The molecule has 1 aliphatic heterocycles. The first kappa shape index (κ1) is 11.7. The minimum atomic E-state index is -0.649. The van der Waals surface area contributed by atoms with Crippen molar-refractivity contribution >= 4 is 17.4 Å². The van der Waals surface area contributed by atoms with Gasteiger partial charge in [-0.05, 0) is 24.3 Å². The minimum Gasteiger partial charge on any atom is -0.378 e. The van der Waals surface area contributed by atoms with E-state index in [1.54, 1.807) is 12.1 Å². The number of carbonyl (C=O) groups is 1. The zero-order valence-electron chi connectivity index (χ0n) is 9.35. The third-order valence-corrected chi connectivity index (χ3v) is 2.60. The maximum absolute atomic E-state index is 10.9. The molecule has 1 fully saturated rings. The summed E-state index contributed by atoms with van der Waals surface area (Å²) in [6, 6.07) is 6.79. The van der Waals surface area contributed by atoms with Gasteiger partial charge in [0.15, 0.2) is 0 Å². The van der Waals surface area contributed by atoms with E-state index in [2.05, 4.69) is 10.2 Å². The molecule has 0 aromatic heterocycles. The molecule has 92 valence electrons. The lowest BCUT2D eigenvalue weighted by Gasteiger charge is -2.28. The van der Waals surface area contributed by atoms with E-state index in [9.17, 15) is 4.79 Å². The number of anilines is 2. The van der Waals surface area contributed by atoms with E-state index in [-0.39, 0.29) is 0 Å². The van der Waals surface area contributed by atoms with Crippen molar-refractivity contribution in [2.24, 2.45) is 0 Å². The first-order chi connectivity index (χ1) is 8.29. The Morgan fingerprint density at radius 3 is 2.47 bits per heavy atom. The third kappa shape index (κ3) is 3.08. The van der Waals surface area contributed by atoms with Crippen molar-refractivity contribution in [3.05, 3.63) is 24.3 Å². The van der Waals surface area contributed by atoms with Gasteiger partial charge in [-0.15, -0.1) is 0 Å². The van der Waals surface area contributed by atoms with E-state index in [1.165, 1.54) is 5.48 Å². The van der Waals surface area contributed by atoms with Crippen molar-refractivity contribution in [1.29, 1.82) is 0 Å². The summed E-state index contributed by atoms with van der Waals surface area (Å²) in [5.41, 5.74) is 3.25. The summed E-state index contributed by atoms with van der Waals surface area (Å²) in [6.07, 6.45) is 0. The molecule has 6 heteroatoms. The fourth-order valence-electron chi connectivity index (χ4n) is 1.74. The molecule has 0 unspecified atom stereocenters. The summed E-state index contributed by atoms with van der Waals surface area (Å²) in [5.74, 6) is 0. The SMILES string of the molecule is O=C(NO)Nc1ccc(N2CCOCC2)cc1. The Morgan fingerprint density at radius 1 is 1.24 bits per heavy atom. The largest absolute Gasteiger partial charge is 0.378 e. The summed E-state index contributed by atoms with van der Waals surface area (Å²) in [7, 11) is 0. The topological polar surface area (TPSA) is 73.8 Å². The molecule has 0 saturated carbocycles. The Morgan fingerprint density at radius 2 is 1.88 bits per heavy atom. The zero-order chi connectivity index (χ0) is 12.1. The standard InChI is InChI=1S/C11H15N3O3/c15-11(13-16)12-9-1-3-10(4-2-9)14-5-7-17-8-6-14/h1-4,16H,5-8H2,(H2,12,13,15). The van der Waals surface area contributed by atoms with Crippen molar-refractivity contribution in [2.45, 2.75) is 0 Å². The van der Waals surface area contributed by atoms with Crippen LogP contribution in [0.4, 0.5) is 16.2 Å². The lowest BCUT2D eigenvalue weighted by molar-refractivity contribution is 0.122. The molecule has 2 rings (SSSR count). The van der Waals surface area contributed by atoms with Crippen LogP contribution in [0.5, 0.6) is 0 Å². The maximum Gasteiger partial charge on any atom is 0.342 e. The number of hydroxylamine groups is 1. The molecule has 17 heavy (non-hydrogen) atoms.